The molecule has 1 N–H and O–H groups in total. The highest BCUT2D eigenvalue weighted by Gasteiger charge is 2.31. The molecular weight excluding hydrogens is 420 g/mol. The van der Waals surface area contributed by atoms with Crippen molar-refractivity contribution in [2.45, 2.75) is 72.3 Å². The summed E-state index contributed by atoms with van der Waals surface area (Å²) in [4.78, 5) is 37.7. The number of carbonyl (C=O) groups is 1. The first-order valence-corrected chi connectivity index (χ1v) is 11.6. The molecule has 2 unspecified atom stereocenters. The number of nitrogens with zero attached hydrogens (tertiary/aromatic N) is 7. The highest BCUT2D eigenvalue weighted by molar-refractivity contribution is 5.90. The Morgan fingerprint density at radius 3 is 2.48 bits per heavy atom. The van der Waals surface area contributed by atoms with E-state index in [0.717, 1.165) is 17.8 Å². The van der Waals surface area contributed by atoms with Crippen molar-refractivity contribution in [2.75, 3.05) is 18.4 Å². The van der Waals surface area contributed by atoms with Crippen LogP contribution in [0.4, 0.5) is 5.82 Å². The normalized spacial score (nSPS) is 19.6. The highest BCUT2D eigenvalue weighted by atomic mass is 16.5. The Bertz CT molecular complexity index is 1100. The number of rotatable bonds is 7. The molecule has 4 rings (SSSR count). The van der Waals surface area contributed by atoms with Gasteiger partial charge in [0, 0.05) is 32.0 Å². The predicted octanol–water partition coefficient (Wildman–Crippen LogP) is 2.83. The molecule has 0 saturated carbocycles. The lowest BCUT2D eigenvalue weighted by Gasteiger charge is -2.37. The van der Waals surface area contributed by atoms with Crippen molar-refractivity contribution in [3.05, 3.63) is 24.5 Å². The number of hydrogen-bond donors (Lipinski definition) is 1. The molecule has 3 aromatic heterocycles. The molecular formula is C23H32N8O2. The summed E-state index contributed by atoms with van der Waals surface area (Å²) >= 11 is 0. The van der Waals surface area contributed by atoms with Crippen LogP contribution in [0, 0.1) is 6.92 Å². The fourth-order valence-electron chi connectivity index (χ4n) is 4.36. The molecule has 4 heterocycles. The van der Waals surface area contributed by atoms with E-state index in [9.17, 15) is 4.79 Å². The van der Waals surface area contributed by atoms with E-state index in [4.69, 9.17) is 9.72 Å². The smallest absolute Gasteiger partial charge is 0.245 e. The van der Waals surface area contributed by atoms with Gasteiger partial charge in [-0.1, -0.05) is 13.3 Å². The minimum Gasteiger partial charge on any atom is -0.372 e. The molecule has 0 spiro atoms. The van der Waals surface area contributed by atoms with Crippen molar-refractivity contribution < 1.29 is 9.53 Å². The number of fused-ring (bicyclic) bond motifs is 1. The standard InChI is InChI=1S/C23H32N8O2/c1-6-8-18(23(32)30-11-14(3)33-15(4)12-30)28-20-19-22(27-13-26-20)31(7-2)21(29-19)17-9-24-16(5)25-10-17/h9-10,13-15,18H,6-8,11-12H2,1-5H3,(H,26,27,28)/t14?,15?,18-/m1/s1. The Morgan fingerprint density at radius 1 is 1.15 bits per heavy atom. The molecule has 3 atom stereocenters. The molecule has 0 aromatic carbocycles. The summed E-state index contributed by atoms with van der Waals surface area (Å²) in [5.41, 5.74) is 2.15. The summed E-state index contributed by atoms with van der Waals surface area (Å²) in [6.45, 7) is 11.8. The summed E-state index contributed by atoms with van der Waals surface area (Å²) in [7, 11) is 0. The number of amides is 1. The quantitative estimate of drug-likeness (QED) is 0.583. The van der Waals surface area contributed by atoms with E-state index in [0.29, 0.717) is 48.9 Å². The second-order valence-electron chi connectivity index (χ2n) is 8.58. The Balaban J connectivity index is 1.68. The van der Waals surface area contributed by atoms with Crippen LogP contribution in [0.2, 0.25) is 0 Å². The number of imidazole rings is 1. The zero-order valence-electron chi connectivity index (χ0n) is 19.9. The summed E-state index contributed by atoms with van der Waals surface area (Å²) in [5, 5.41) is 3.38. The van der Waals surface area contributed by atoms with Crippen molar-refractivity contribution in [1.82, 2.24) is 34.4 Å². The Morgan fingerprint density at radius 2 is 1.85 bits per heavy atom. The third-order valence-electron chi connectivity index (χ3n) is 5.81. The van der Waals surface area contributed by atoms with Gasteiger partial charge in [0.1, 0.15) is 24.0 Å². The van der Waals surface area contributed by atoms with Crippen molar-refractivity contribution in [1.29, 1.82) is 0 Å². The largest absolute Gasteiger partial charge is 0.372 e. The van der Waals surface area contributed by atoms with Gasteiger partial charge in [0.05, 0.1) is 17.8 Å². The molecule has 3 aromatic rings. The van der Waals surface area contributed by atoms with Gasteiger partial charge in [-0.05, 0) is 34.1 Å². The number of anilines is 1. The topological polar surface area (TPSA) is 111 Å². The Kier molecular flexibility index (Phi) is 6.83. The first kappa shape index (κ1) is 23.0. The van der Waals surface area contributed by atoms with Crippen molar-refractivity contribution in [3.8, 4) is 11.4 Å². The number of aromatic nitrogens is 6. The lowest BCUT2D eigenvalue weighted by atomic mass is 10.1. The van der Waals surface area contributed by atoms with Gasteiger partial charge < -0.3 is 19.5 Å². The molecule has 33 heavy (non-hydrogen) atoms. The maximum Gasteiger partial charge on any atom is 0.245 e. The second kappa shape index (κ2) is 9.78. The first-order chi connectivity index (χ1) is 15.9. The summed E-state index contributed by atoms with van der Waals surface area (Å²) < 4.78 is 7.81. The fraction of sp³-hybridized carbons (Fsp3) is 0.565. The summed E-state index contributed by atoms with van der Waals surface area (Å²) in [5.74, 6) is 2.05. The maximum atomic E-state index is 13.4. The minimum atomic E-state index is -0.400. The van der Waals surface area contributed by atoms with Crippen LogP contribution in [-0.4, -0.2) is 71.6 Å². The molecule has 176 valence electrons. The van der Waals surface area contributed by atoms with Crippen molar-refractivity contribution in [3.63, 3.8) is 0 Å². The van der Waals surface area contributed by atoms with Gasteiger partial charge in [-0.15, -0.1) is 0 Å². The van der Waals surface area contributed by atoms with Crippen LogP contribution < -0.4 is 5.32 Å². The van der Waals surface area contributed by atoms with Crippen LogP contribution in [0.3, 0.4) is 0 Å². The van der Waals surface area contributed by atoms with Crippen LogP contribution in [0.15, 0.2) is 18.7 Å². The number of ether oxygens (including phenoxy) is 1. The van der Waals surface area contributed by atoms with Gasteiger partial charge in [-0.25, -0.2) is 24.9 Å². The minimum absolute atomic E-state index is 0.0188. The number of morpholine rings is 1. The maximum absolute atomic E-state index is 13.4. The Hall–Kier alpha value is -3.14. The van der Waals surface area contributed by atoms with Gasteiger partial charge in [-0.2, -0.15) is 0 Å². The van der Waals surface area contributed by atoms with Crippen LogP contribution in [0.5, 0.6) is 0 Å². The summed E-state index contributed by atoms with van der Waals surface area (Å²) in [6.07, 6.45) is 6.64. The predicted molar refractivity (Wildman–Crippen MR) is 126 cm³/mol. The average molecular weight is 453 g/mol. The number of nitrogens with one attached hydrogen (secondary N) is 1. The molecule has 0 aliphatic carbocycles. The number of aryl methyl sites for hydroxylation is 2. The Labute approximate surface area is 193 Å². The average Bonchev–Trinajstić information content (AvgIpc) is 3.17. The molecule has 1 aliphatic heterocycles. The van der Waals surface area contributed by atoms with Gasteiger partial charge >= 0.3 is 0 Å². The zero-order chi connectivity index (χ0) is 23.5. The van der Waals surface area contributed by atoms with E-state index in [1.807, 2.05) is 37.2 Å². The molecule has 1 saturated heterocycles. The molecule has 0 bridgehead atoms. The van der Waals surface area contributed by atoms with E-state index in [-0.39, 0.29) is 18.1 Å². The third kappa shape index (κ3) is 4.80. The van der Waals surface area contributed by atoms with Crippen LogP contribution in [-0.2, 0) is 16.1 Å². The van der Waals surface area contributed by atoms with E-state index >= 15 is 0 Å². The monoisotopic (exact) mass is 452 g/mol. The van der Waals surface area contributed by atoms with E-state index in [1.54, 1.807) is 12.4 Å². The third-order valence-corrected chi connectivity index (χ3v) is 5.81. The molecule has 10 heteroatoms. The van der Waals surface area contributed by atoms with Crippen LogP contribution >= 0.6 is 0 Å². The van der Waals surface area contributed by atoms with Crippen molar-refractivity contribution >= 4 is 22.9 Å². The lowest BCUT2D eigenvalue weighted by Crippen LogP contribution is -2.52. The molecule has 1 aliphatic rings. The molecule has 1 amide bonds. The lowest BCUT2D eigenvalue weighted by molar-refractivity contribution is -0.144. The number of hydrogen-bond acceptors (Lipinski definition) is 8. The first-order valence-electron chi connectivity index (χ1n) is 11.6. The van der Waals surface area contributed by atoms with Crippen LogP contribution in [0.25, 0.3) is 22.6 Å². The van der Waals surface area contributed by atoms with Gasteiger partial charge in [0.25, 0.3) is 0 Å². The fourth-order valence-corrected chi connectivity index (χ4v) is 4.36. The molecule has 10 nitrogen and oxygen atoms in total. The molecule has 1 fully saturated rings. The van der Waals surface area contributed by atoms with E-state index < -0.39 is 6.04 Å². The van der Waals surface area contributed by atoms with Gasteiger partial charge in [-0.3, -0.25) is 4.79 Å². The van der Waals surface area contributed by atoms with Gasteiger partial charge in [0.15, 0.2) is 17.0 Å². The van der Waals surface area contributed by atoms with E-state index in [1.165, 1.54) is 6.33 Å². The SMILES string of the molecule is CCC[C@@H](Nc1ncnc2c1nc(-c1cnc(C)nc1)n2CC)C(=O)N1CC(C)OC(C)C1. The number of carbonyl (C=O) groups excluding carboxylic acids is 1. The second-order valence-corrected chi connectivity index (χ2v) is 8.58. The van der Waals surface area contributed by atoms with Crippen molar-refractivity contribution in [2.24, 2.45) is 0 Å². The molecule has 0 radical (unpaired) electrons. The zero-order valence-corrected chi connectivity index (χ0v) is 19.9. The highest BCUT2D eigenvalue weighted by Crippen LogP contribution is 2.27. The van der Waals surface area contributed by atoms with E-state index in [2.05, 4.69) is 32.2 Å². The van der Waals surface area contributed by atoms with Gasteiger partial charge in [0.2, 0.25) is 5.91 Å². The van der Waals surface area contributed by atoms with Crippen LogP contribution in [0.1, 0.15) is 46.4 Å². The summed E-state index contributed by atoms with van der Waals surface area (Å²) in [6, 6.07) is -0.400.